The number of nitrogen functional groups attached to an aromatic ring is 1. The summed E-state index contributed by atoms with van der Waals surface area (Å²) in [5.74, 6) is -1.26. The van der Waals surface area contributed by atoms with E-state index in [1.807, 2.05) is 6.07 Å². The van der Waals surface area contributed by atoms with Gasteiger partial charge in [-0.1, -0.05) is 23.7 Å². The van der Waals surface area contributed by atoms with Crippen molar-refractivity contribution in [3.8, 4) is 0 Å². The van der Waals surface area contributed by atoms with Gasteiger partial charge in [-0.15, -0.1) is 0 Å². The molecule has 5 atom stereocenters. The molecular weight excluding hydrogens is 353 g/mol. The molecule has 1 aromatic heterocycles. The lowest BCUT2D eigenvalue weighted by atomic mass is 10.1. The molecule has 1 aromatic carbocycles. The van der Waals surface area contributed by atoms with Crippen LogP contribution in [0.25, 0.3) is 0 Å². The highest BCUT2D eigenvalue weighted by Crippen LogP contribution is 2.43. The summed E-state index contributed by atoms with van der Waals surface area (Å²) in [5.41, 5.74) is 5.36. The molecule has 0 spiro atoms. The van der Waals surface area contributed by atoms with Crippen molar-refractivity contribution in [2.75, 3.05) is 5.73 Å². The Labute approximate surface area is 147 Å². The number of nitrogens with two attached hydrogens (primary N) is 1. The van der Waals surface area contributed by atoms with Crippen molar-refractivity contribution in [1.82, 2.24) is 9.55 Å². The molecule has 2 N–H and O–H groups in total. The molecule has 9 heteroatoms. The molecule has 0 aliphatic carbocycles. The average molecular weight is 368 g/mol. The van der Waals surface area contributed by atoms with E-state index in [0.29, 0.717) is 5.02 Å². The van der Waals surface area contributed by atoms with Gasteiger partial charge >= 0.3 is 5.69 Å². The third kappa shape index (κ3) is 2.81. The van der Waals surface area contributed by atoms with Gasteiger partial charge < -0.3 is 19.9 Å². The fraction of sp³-hybridized carbons (Fsp3) is 0.375. The van der Waals surface area contributed by atoms with Crippen LogP contribution < -0.4 is 11.4 Å². The summed E-state index contributed by atoms with van der Waals surface area (Å²) in [6, 6.07) is 7.11. The number of anilines is 1. The lowest BCUT2D eigenvalue weighted by molar-refractivity contribution is -0.145. The van der Waals surface area contributed by atoms with Crippen molar-refractivity contribution in [2.45, 2.75) is 37.8 Å². The third-order valence-corrected chi connectivity index (χ3v) is 4.55. The van der Waals surface area contributed by atoms with Crippen LogP contribution in [0.5, 0.6) is 0 Å². The number of aromatic nitrogens is 2. The van der Waals surface area contributed by atoms with Crippen LogP contribution in [0, 0.1) is 5.82 Å². The molecule has 7 nitrogen and oxygen atoms in total. The summed E-state index contributed by atoms with van der Waals surface area (Å²) in [6.45, 7) is 1.80. The van der Waals surface area contributed by atoms with E-state index in [1.165, 1.54) is 0 Å². The lowest BCUT2D eigenvalue weighted by Crippen LogP contribution is -2.34. The van der Waals surface area contributed by atoms with E-state index in [4.69, 9.17) is 31.5 Å². The van der Waals surface area contributed by atoms with Crippen LogP contribution in [0.1, 0.15) is 25.0 Å². The zero-order valence-corrected chi connectivity index (χ0v) is 13.9. The molecule has 1 unspecified atom stereocenters. The molecule has 0 amide bonds. The molecule has 132 valence electrons. The van der Waals surface area contributed by atoms with E-state index in [9.17, 15) is 9.18 Å². The summed E-state index contributed by atoms with van der Waals surface area (Å²) >= 11 is 6.01. The molecular formula is C16H15ClFN3O4. The van der Waals surface area contributed by atoms with Gasteiger partial charge in [-0.2, -0.15) is 4.98 Å². The monoisotopic (exact) mass is 367 g/mol. The third-order valence-electron chi connectivity index (χ3n) is 4.31. The zero-order chi connectivity index (χ0) is 17.7. The van der Waals surface area contributed by atoms with E-state index in [0.717, 1.165) is 16.3 Å². The van der Waals surface area contributed by atoms with Gasteiger partial charge in [0.15, 0.2) is 24.2 Å². The SMILES string of the molecule is C[C@H]1O[C@@H](n2cc(F)c(N)nc2=O)[C@@H]2OC(c3cccc(Cl)c3)O[C@@H]21. The summed E-state index contributed by atoms with van der Waals surface area (Å²) in [5, 5.41) is 0.559. The second-order valence-electron chi connectivity index (χ2n) is 5.98. The Kier molecular flexibility index (Phi) is 3.99. The van der Waals surface area contributed by atoms with Crippen LogP contribution in [0.2, 0.25) is 5.02 Å². The highest BCUT2D eigenvalue weighted by atomic mass is 35.5. The second kappa shape index (κ2) is 6.06. The van der Waals surface area contributed by atoms with Crippen LogP contribution in [-0.2, 0) is 14.2 Å². The zero-order valence-electron chi connectivity index (χ0n) is 13.1. The summed E-state index contributed by atoms with van der Waals surface area (Å²) in [6.07, 6.45) is -1.90. The number of ether oxygens (including phenoxy) is 3. The molecule has 3 heterocycles. The van der Waals surface area contributed by atoms with Gasteiger partial charge in [0.1, 0.15) is 12.2 Å². The van der Waals surface area contributed by atoms with Crippen LogP contribution in [0.4, 0.5) is 10.2 Å². The molecule has 25 heavy (non-hydrogen) atoms. The molecule has 0 saturated carbocycles. The van der Waals surface area contributed by atoms with Crippen LogP contribution in [-0.4, -0.2) is 27.9 Å². The number of fused-ring (bicyclic) bond motifs is 1. The van der Waals surface area contributed by atoms with Crippen molar-refractivity contribution >= 4 is 17.4 Å². The first-order valence-corrected chi connectivity index (χ1v) is 8.08. The van der Waals surface area contributed by atoms with Crippen molar-refractivity contribution in [1.29, 1.82) is 0 Å². The molecule has 2 saturated heterocycles. The van der Waals surface area contributed by atoms with Crippen molar-refractivity contribution in [2.24, 2.45) is 0 Å². The summed E-state index contributed by atoms with van der Waals surface area (Å²) < 4.78 is 32.4. The average Bonchev–Trinajstić information content (AvgIpc) is 3.12. The number of rotatable bonds is 2. The minimum absolute atomic E-state index is 0.355. The van der Waals surface area contributed by atoms with Crippen molar-refractivity contribution < 1.29 is 18.6 Å². The van der Waals surface area contributed by atoms with E-state index < -0.39 is 42.1 Å². The van der Waals surface area contributed by atoms with Gasteiger partial charge in [0.05, 0.1) is 12.3 Å². The fourth-order valence-corrected chi connectivity index (χ4v) is 3.33. The molecule has 4 rings (SSSR count). The standard InChI is InChI=1S/C16H15ClFN3O4/c1-7-11-12(25-15(24-11)8-3-2-4-9(17)5-8)14(23-7)21-6-10(18)13(19)20-16(21)22/h2-7,11-12,14-15H,1H3,(H2,19,20,22)/t7-,11-,12-,14-,15?/m1/s1. The Morgan fingerprint density at radius 1 is 1.28 bits per heavy atom. The maximum atomic E-state index is 13.8. The Morgan fingerprint density at radius 2 is 2.04 bits per heavy atom. The maximum absolute atomic E-state index is 13.8. The van der Waals surface area contributed by atoms with Gasteiger partial charge in [0.25, 0.3) is 0 Å². The van der Waals surface area contributed by atoms with E-state index in [1.54, 1.807) is 25.1 Å². The normalized spacial score (nSPS) is 31.2. The predicted molar refractivity (Wildman–Crippen MR) is 86.4 cm³/mol. The molecule has 2 aliphatic heterocycles. The number of nitrogens with zero attached hydrogens (tertiary/aromatic N) is 2. The van der Waals surface area contributed by atoms with E-state index >= 15 is 0 Å². The molecule has 2 aromatic rings. The molecule has 0 radical (unpaired) electrons. The van der Waals surface area contributed by atoms with E-state index in [2.05, 4.69) is 4.98 Å². The van der Waals surface area contributed by atoms with Crippen molar-refractivity contribution in [3.05, 3.63) is 57.3 Å². The first-order valence-electron chi connectivity index (χ1n) is 7.70. The predicted octanol–water partition coefficient (Wildman–Crippen LogP) is 2.02. The van der Waals surface area contributed by atoms with Gasteiger partial charge in [-0.25, -0.2) is 9.18 Å². The Morgan fingerprint density at radius 3 is 2.80 bits per heavy atom. The first kappa shape index (κ1) is 16.5. The van der Waals surface area contributed by atoms with Crippen LogP contribution in [0.3, 0.4) is 0 Å². The number of hydrogen-bond acceptors (Lipinski definition) is 6. The summed E-state index contributed by atoms with van der Waals surface area (Å²) in [4.78, 5) is 15.5. The highest BCUT2D eigenvalue weighted by molar-refractivity contribution is 6.30. The number of halogens is 2. The molecule has 2 fully saturated rings. The first-order chi connectivity index (χ1) is 11.9. The van der Waals surface area contributed by atoms with Gasteiger partial charge in [0.2, 0.25) is 0 Å². The van der Waals surface area contributed by atoms with Gasteiger partial charge in [0, 0.05) is 10.6 Å². The summed E-state index contributed by atoms with van der Waals surface area (Å²) in [7, 11) is 0. The van der Waals surface area contributed by atoms with Gasteiger partial charge in [-0.3, -0.25) is 4.57 Å². The van der Waals surface area contributed by atoms with Crippen molar-refractivity contribution in [3.63, 3.8) is 0 Å². The quantitative estimate of drug-likeness (QED) is 0.873. The lowest BCUT2D eigenvalue weighted by Gasteiger charge is -2.20. The number of hydrogen-bond donors (Lipinski definition) is 1. The Balaban J connectivity index is 1.65. The highest BCUT2D eigenvalue weighted by Gasteiger charge is 2.52. The maximum Gasteiger partial charge on any atom is 0.351 e. The Bertz CT molecular complexity index is 877. The second-order valence-corrected chi connectivity index (χ2v) is 6.42. The molecule has 0 bridgehead atoms. The minimum Gasteiger partial charge on any atom is -0.381 e. The Hall–Kier alpha value is -2.00. The topological polar surface area (TPSA) is 88.6 Å². The molecule has 2 aliphatic rings. The van der Waals surface area contributed by atoms with Crippen LogP contribution in [0.15, 0.2) is 35.3 Å². The van der Waals surface area contributed by atoms with Gasteiger partial charge in [-0.05, 0) is 19.1 Å². The fourth-order valence-electron chi connectivity index (χ4n) is 3.13. The van der Waals surface area contributed by atoms with Crippen LogP contribution >= 0.6 is 11.6 Å². The largest absolute Gasteiger partial charge is 0.381 e. The van der Waals surface area contributed by atoms with E-state index in [-0.39, 0.29) is 6.10 Å². The number of benzene rings is 1. The smallest absolute Gasteiger partial charge is 0.351 e. The minimum atomic E-state index is -0.862.